The molecular weight excluding hydrogens is 629 g/mol. The van der Waals surface area contributed by atoms with Crippen molar-refractivity contribution in [1.29, 1.82) is 0 Å². The Morgan fingerprint density at radius 1 is 0.327 bits per heavy atom. The van der Waals surface area contributed by atoms with Crippen molar-refractivity contribution < 1.29 is 4.74 Å². The third-order valence-electron chi connectivity index (χ3n) is 11.9. The third-order valence-corrected chi connectivity index (χ3v) is 11.9. The van der Waals surface area contributed by atoms with Gasteiger partial charge in [0.25, 0.3) is 0 Å². The molecule has 0 amide bonds. The van der Waals surface area contributed by atoms with Crippen molar-refractivity contribution in [2.45, 2.75) is 5.41 Å². The minimum absolute atomic E-state index is 0.404. The van der Waals surface area contributed by atoms with Gasteiger partial charge >= 0.3 is 0 Å². The maximum atomic E-state index is 6.38. The van der Waals surface area contributed by atoms with E-state index >= 15 is 0 Å². The Morgan fingerprint density at radius 3 is 1.77 bits per heavy atom. The number of ether oxygens (including phenoxy) is 1. The highest BCUT2D eigenvalue weighted by atomic mass is 16.5. The van der Waals surface area contributed by atoms with Crippen molar-refractivity contribution in [2.75, 3.05) is 0 Å². The molecule has 2 aliphatic carbocycles. The standard InChI is InChI=1S/C51H30O/c1-2-11-36-32(10-1)24-27-43-38-13-4-7-18-45(38)51(50(36)43)44-17-6-3-12-37(44)39-26-25-34(30-46(39)51)31-20-22-33(23-21-31)35-28-29-48-49-41(35)15-9-16-42(49)40-14-5-8-19-47(40)52-48/h1-30H. The first-order chi connectivity index (χ1) is 25.8. The van der Waals surface area contributed by atoms with E-state index in [0.717, 1.165) is 17.1 Å². The van der Waals surface area contributed by atoms with Crippen LogP contribution in [0.4, 0.5) is 0 Å². The van der Waals surface area contributed by atoms with Crippen LogP contribution in [-0.2, 0) is 5.41 Å². The monoisotopic (exact) mass is 658 g/mol. The number of fused-ring (bicyclic) bond motifs is 14. The molecule has 1 heteroatoms. The molecule has 240 valence electrons. The Morgan fingerprint density at radius 2 is 0.923 bits per heavy atom. The minimum Gasteiger partial charge on any atom is -0.456 e. The van der Waals surface area contributed by atoms with E-state index < -0.39 is 5.41 Å². The van der Waals surface area contributed by atoms with Crippen molar-refractivity contribution in [3.8, 4) is 67.1 Å². The lowest BCUT2D eigenvalue weighted by molar-refractivity contribution is 0.487. The predicted octanol–water partition coefficient (Wildman–Crippen LogP) is 13.4. The fraction of sp³-hybridized carbons (Fsp3) is 0.0196. The zero-order valence-electron chi connectivity index (χ0n) is 28.2. The summed E-state index contributed by atoms with van der Waals surface area (Å²) in [6.07, 6.45) is 0. The third kappa shape index (κ3) is 3.52. The van der Waals surface area contributed by atoms with Gasteiger partial charge in [0.15, 0.2) is 0 Å². The Labute approximate surface area is 302 Å². The van der Waals surface area contributed by atoms with Crippen LogP contribution in [0.1, 0.15) is 22.3 Å². The fourth-order valence-corrected chi connectivity index (χ4v) is 9.77. The summed E-state index contributed by atoms with van der Waals surface area (Å²) in [5, 5.41) is 4.99. The van der Waals surface area contributed by atoms with Crippen LogP contribution in [-0.4, -0.2) is 0 Å². The molecule has 1 aliphatic heterocycles. The van der Waals surface area contributed by atoms with E-state index in [4.69, 9.17) is 4.74 Å². The molecule has 3 aliphatic rings. The van der Waals surface area contributed by atoms with Gasteiger partial charge in [-0.15, -0.1) is 0 Å². The highest BCUT2D eigenvalue weighted by Gasteiger charge is 2.52. The van der Waals surface area contributed by atoms with E-state index in [-0.39, 0.29) is 0 Å². The van der Waals surface area contributed by atoms with Crippen molar-refractivity contribution in [2.24, 2.45) is 0 Å². The molecule has 52 heavy (non-hydrogen) atoms. The van der Waals surface area contributed by atoms with Gasteiger partial charge in [-0.05, 0) is 107 Å². The molecule has 0 N–H and O–H groups in total. The second-order valence-corrected chi connectivity index (χ2v) is 14.3. The van der Waals surface area contributed by atoms with Gasteiger partial charge in [0.05, 0.1) is 5.41 Å². The zero-order valence-corrected chi connectivity index (χ0v) is 28.2. The lowest BCUT2D eigenvalue weighted by Crippen LogP contribution is -2.26. The number of benzene rings is 9. The van der Waals surface area contributed by atoms with Crippen molar-refractivity contribution in [1.82, 2.24) is 0 Å². The van der Waals surface area contributed by atoms with Gasteiger partial charge in [0, 0.05) is 10.9 Å². The summed E-state index contributed by atoms with van der Waals surface area (Å²) in [5.74, 6) is 1.83. The Bertz CT molecular complexity index is 2970. The number of rotatable bonds is 2. The van der Waals surface area contributed by atoms with Gasteiger partial charge in [-0.2, -0.15) is 0 Å². The van der Waals surface area contributed by atoms with Crippen LogP contribution < -0.4 is 4.74 Å². The van der Waals surface area contributed by atoms with Crippen LogP contribution in [0.25, 0.3) is 77.2 Å². The molecule has 0 bridgehead atoms. The highest BCUT2D eigenvalue weighted by Crippen LogP contribution is 2.64. The number of hydrogen-bond donors (Lipinski definition) is 0. The van der Waals surface area contributed by atoms with Gasteiger partial charge in [-0.3, -0.25) is 0 Å². The smallest absolute Gasteiger partial charge is 0.135 e. The highest BCUT2D eigenvalue weighted by molar-refractivity contribution is 6.10. The SMILES string of the molecule is c1ccc2c(c1)Oc1ccc(-c3ccc(-c4ccc5c(c4)C4(c6ccccc6-5)c5ccccc5-c5ccc6ccccc6c54)cc3)c3cccc-2c13. The largest absolute Gasteiger partial charge is 0.456 e. The molecule has 1 atom stereocenters. The number of para-hydroxylation sites is 1. The lowest BCUT2D eigenvalue weighted by Gasteiger charge is -2.31. The minimum atomic E-state index is -0.404. The first kappa shape index (κ1) is 28.0. The molecule has 1 unspecified atom stereocenters. The molecule has 1 nitrogen and oxygen atoms in total. The average Bonchev–Trinajstić information content (AvgIpc) is 3.68. The molecule has 0 radical (unpaired) electrons. The van der Waals surface area contributed by atoms with Gasteiger partial charge < -0.3 is 4.74 Å². The summed E-state index contributed by atoms with van der Waals surface area (Å²) in [6.45, 7) is 0. The lowest BCUT2D eigenvalue weighted by atomic mass is 9.69. The predicted molar refractivity (Wildman–Crippen MR) is 214 cm³/mol. The van der Waals surface area contributed by atoms with E-state index in [9.17, 15) is 0 Å². The van der Waals surface area contributed by atoms with Crippen LogP contribution in [0.3, 0.4) is 0 Å². The average molecular weight is 659 g/mol. The molecule has 0 saturated heterocycles. The van der Waals surface area contributed by atoms with Crippen LogP contribution in [0.5, 0.6) is 11.5 Å². The summed E-state index contributed by atoms with van der Waals surface area (Å²) in [7, 11) is 0. The molecule has 9 aromatic carbocycles. The molecule has 1 spiro atoms. The molecule has 9 aromatic rings. The topological polar surface area (TPSA) is 9.23 Å². The van der Waals surface area contributed by atoms with E-state index in [2.05, 4.69) is 176 Å². The zero-order chi connectivity index (χ0) is 34.0. The Balaban J connectivity index is 1.04. The summed E-state index contributed by atoms with van der Waals surface area (Å²) < 4.78 is 6.38. The quantitative estimate of drug-likeness (QED) is 0.180. The Kier molecular flexibility index (Phi) is 5.49. The van der Waals surface area contributed by atoms with E-state index in [1.165, 1.54) is 93.9 Å². The van der Waals surface area contributed by atoms with Crippen LogP contribution in [0.15, 0.2) is 182 Å². The van der Waals surface area contributed by atoms with Gasteiger partial charge in [-0.1, -0.05) is 164 Å². The van der Waals surface area contributed by atoms with Crippen LogP contribution in [0, 0.1) is 0 Å². The maximum absolute atomic E-state index is 6.38. The van der Waals surface area contributed by atoms with Crippen molar-refractivity contribution >= 4 is 21.5 Å². The molecule has 12 rings (SSSR count). The second-order valence-electron chi connectivity index (χ2n) is 14.3. The summed E-state index contributed by atoms with van der Waals surface area (Å²) >= 11 is 0. The molecule has 0 saturated carbocycles. The summed E-state index contributed by atoms with van der Waals surface area (Å²) in [6, 6.07) is 67.3. The van der Waals surface area contributed by atoms with Crippen molar-refractivity contribution in [3.05, 3.63) is 204 Å². The van der Waals surface area contributed by atoms with Crippen LogP contribution in [0.2, 0.25) is 0 Å². The molecule has 0 fully saturated rings. The van der Waals surface area contributed by atoms with Crippen molar-refractivity contribution in [3.63, 3.8) is 0 Å². The molecule has 0 aromatic heterocycles. The van der Waals surface area contributed by atoms with E-state index in [1.54, 1.807) is 0 Å². The van der Waals surface area contributed by atoms with Gasteiger partial charge in [-0.25, -0.2) is 0 Å². The summed E-state index contributed by atoms with van der Waals surface area (Å²) in [4.78, 5) is 0. The first-order valence-corrected chi connectivity index (χ1v) is 18.1. The first-order valence-electron chi connectivity index (χ1n) is 18.1. The van der Waals surface area contributed by atoms with E-state index in [0.29, 0.717) is 0 Å². The normalized spacial score (nSPS) is 15.5. The second kappa shape index (κ2) is 10.2. The maximum Gasteiger partial charge on any atom is 0.135 e. The molecule has 1 heterocycles. The fourth-order valence-electron chi connectivity index (χ4n) is 9.77. The van der Waals surface area contributed by atoms with Gasteiger partial charge in [0.2, 0.25) is 0 Å². The van der Waals surface area contributed by atoms with Gasteiger partial charge in [0.1, 0.15) is 11.5 Å². The number of hydrogen-bond acceptors (Lipinski definition) is 1. The molecular formula is C51H30O. The van der Waals surface area contributed by atoms with Crippen LogP contribution >= 0.6 is 0 Å². The summed E-state index contributed by atoms with van der Waals surface area (Å²) in [5.41, 5.74) is 17.6. The van der Waals surface area contributed by atoms with E-state index in [1.807, 2.05) is 6.07 Å². The Hall–Kier alpha value is -6.70.